The number of aromatic nitrogens is 1. The summed E-state index contributed by atoms with van der Waals surface area (Å²) in [6.45, 7) is 2.62. The van der Waals surface area contributed by atoms with E-state index < -0.39 is 6.23 Å². The molecule has 172 valence electrons. The van der Waals surface area contributed by atoms with Crippen molar-refractivity contribution in [3.05, 3.63) is 77.5 Å². The number of hydrogen-bond acceptors (Lipinski definition) is 5. The zero-order valence-corrected chi connectivity index (χ0v) is 18.6. The van der Waals surface area contributed by atoms with E-state index in [0.717, 1.165) is 39.6 Å². The first kappa shape index (κ1) is 20.6. The number of hydrogen-bond donors (Lipinski definition) is 3. The molecule has 0 saturated heterocycles. The molecule has 2 aliphatic heterocycles. The van der Waals surface area contributed by atoms with Gasteiger partial charge in [-0.2, -0.15) is 0 Å². The summed E-state index contributed by atoms with van der Waals surface area (Å²) in [5.74, 6) is 1.28. The highest BCUT2D eigenvalue weighted by Crippen LogP contribution is 2.39. The lowest BCUT2D eigenvalue weighted by molar-refractivity contribution is 0.0725. The highest BCUT2D eigenvalue weighted by molar-refractivity contribution is 5.99. The van der Waals surface area contributed by atoms with Crippen LogP contribution in [0.1, 0.15) is 34.3 Å². The van der Waals surface area contributed by atoms with E-state index in [4.69, 9.17) is 14.2 Å². The van der Waals surface area contributed by atoms with Gasteiger partial charge in [0, 0.05) is 29.4 Å². The zero-order valence-electron chi connectivity index (χ0n) is 18.6. The first-order chi connectivity index (χ1) is 16.6. The largest absolute Gasteiger partial charge is 0.492 e. The number of nitrogens with one attached hydrogen (secondary N) is 2. The number of H-pyrrole nitrogens is 1. The van der Waals surface area contributed by atoms with Crippen LogP contribution in [0.4, 0.5) is 0 Å². The third-order valence-electron chi connectivity index (χ3n) is 6.60. The molecule has 4 aromatic rings. The molecule has 0 saturated carbocycles. The number of fused-ring (bicyclic) bond motifs is 3. The van der Waals surface area contributed by atoms with Crippen LogP contribution in [-0.4, -0.2) is 35.6 Å². The Morgan fingerprint density at radius 1 is 1.03 bits per heavy atom. The quantitative estimate of drug-likeness (QED) is 0.388. The molecular formula is C27H24N2O5. The van der Waals surface area contributed by atoms with Crippen molar-refractivity contribution < 1.29 is 24.1 Å². The Labute approximate surface area is 196 Å². The number of para-hydroxylation sites is 1. The number of rotatable bonds is 5. The highest BCUT2D eigenvalue weighted by atomic mass is 16.7. The summed E-state index contributed by atoms with van der Waals surface area (Å²) in [7, 11) is 0. The van der Waals surface area contributed by atoms with Crippen molar-refractivity contribution in [3.8, 4) is 28.4 Å². The molecule has 2 atom stereocenters. The molecule has 7 nitrogen and oxygen atoms in total. The summed E-state index contributed by atoms with van der Waals surface area (Å²) < 4.78 is 16.7. The Hall–Kier alpha value is -3.97. The molecule has 34 heavy (non-hydrogen) atoms. The maximum Gasteiger partial charge on any atom is 0.257 e. The SMILES string of the molecule is CC(c1c[nH]c2ccccc12)[C@@H](O)NC(=O)c1cc(-c2ccc3c(c2)OCO3)cc2c1OCC2. The van der Waals surface area contributed by atoms with Gasteiger partial charge in [-0.05, 0) is 52.6 Å². The van der Waals surface area contributed by atoms with Gasteiger partial charge in [-0.25, -0.2) is 0 Å². The molecule has 0 bridgehead atoms. The lowest BCUT2D eigenvalue weighted by Gasteiger charge is -2.21. The van der Waals surface area contributed by atoms with E-state index in [1.807, 2.05) is 61.7 Å². The van der Waals surface area contributed by atoms with Crippen molar-refractivity contribution in [2.45, 2.75) is 25.5 Å². The summed E-state index contributed by atoms with van der Waals surface area (Å²) in [6, 6.07) is 17.5. The van der Waals surface area contributed by atoms with Crippen LogP contribution in [0, 0.1) is 0 Å². The minimum absolute atomic E-state index is 0.205. The fourth-order valence-corrected chi connectivity index (χ4v) is 4.70. The molecule has 0 fully saturated rings. The number of carbonyl (C=O) groups is 1. The van der Waals surface area contributed by atoms with Crippen LogP contribution in [0.5, 0.6) is 17.2 Å². The minimum atomic E-state index is -1.07. The van der Waals surface area contributed by atoms with Crippen LogP contribution in [-0.2, 0) is 6.42 Å². The molecule has 0 aliphatic carbocycles. The van der Waals surface area contributed by atoms with Crippen molar-refractivity contribution in [2.24, 2.45) is 0 Å². The molecule has 6 rings (SSSR count). The van der Waals surface area contributed by atoms with E-state index in [9.17, 15) is 9.90 Å². The van der Waals surface area contributed by atoms with Gasteiger partial charge in [0.15, 0.2) is 11.5 Å². The van der Waals surface area contributed by atoms with Gasteiger partial charge in [-0.1, -0.05) is 31.2 Å². The molecular weight excluding hydrogens is 432 g/mol. The maximum absolute atomic E-state index is 13.3. The smallest absolute Gasteiger partial charge is 0.257 e. The van der Waals surface area contributed by atoms with E-state index in [1.54, 1.807) is 6.07 Å². The van der Waals surface area contributed by atoms with Gasteiger partial charge >= 0.3 is 0 Å². The van der Waals surface area contributed by atoms with Crippen molar-refractivity contribution in [1.29, 1.82) is 0 Å². The number of aliphatic hydroxyl groups excluding tert-OH is 1. The number of carbonyl (C=O) groups excluding carboxylic acids is 1. The highest BCUT2D eigenvalue weighted by Gasteiger charge is 2.27. The van der Waals surface area contributed by atoms with E-state index in [0.29, 0.717) is 29.4 Å². The number of aromatic amines is 1. The first-order valence-electron chi connectivity index (χ1n) is 11.3. The van der Waals surface area contributed by atoms with Crippen LogP contribution in [0.3, 0.4) is 0 Å². The van der Waals surface area contributed by atoms with Gasteiger partial charge in [0.1, 0.15) is 12.0 Å². The Kier molecular flexibility index (Phi) is 4.92. The molecule has 1 unspecified atom stereocenters. The Bertz CT molecular complexity index is 1410. The van der Waals surface area contributed by atoms with Crippen LogP contribution < -0.4 is 19.5 Å². The lowest BCUT2D eigenvalue weighted by Crippen LogP contribution is -2.38. The number of aliphatic hydroxyl groups is 1. The number of amides is 1. The maximum atomic E-state index is 13.3. The van der Waals surface area contributed by atoms with Gasteiger partial charge in [0.05, 0.1) is 12.2 Å². The topological polar surface area (TPSA) is 92.8 Å². The summed E-state index contributed by atoms with van der Waals surface area (Å²) in [6.07, 6.45) is 1.53. The molecule has 3 aromatic carbocycles. The second-order valence-electron chi connectivity index (χ2n) is 8.68. The Morgan fingerprint density at radius 2 is 1.88 bits per heavy atom. The second kappa shape index (κ2) is 8.11. The summed E-state index contributed by atoms with van der Waals surface area (Å²) in [4.78, 5) is 16.5. The number of benzene rings is 3. The molecule has 3 heterocycles. The zero-order chi connectivity index (χ0) is 23.2. The Balaban J connectivity index is 1.29. The van der Waals surface area contributed by atoms with Crippen molar-refractivity contribution in [2.75, 3.05) is 13.4 Å². The van der Waals surface area contributed by atoms with E-state index in [-0.39, 0.29) is 18.6 Å². The van der Waals surface area contributed by atoms with Crippen LogP contribution in [0.2, 0.25) is 0 Å². The normalized spacial score (nSPS) is 15.6. The van der Waals surface area contributed by atoms with Crippen molar-refractivity contribution in [3.63, 3.8) is 0 Å². The van der Waals surface area contributed by atoms with Gasteiger partial charge < -0.3 is 29.6 Å². The van der Waals surface area contributed by atoms with E-state index in [2.05, 4.69) is 10.3 Å². The summed E-state index contributed by atoms with van der Waals surface area (Å²) in [5.41, 5.74) is 5.12. The predicted molar refractivity (Wildman–Crippen MR) is 127 cm³/mol. The van der Waals surface area contributed by atoms with Gasteiger partial charge in [0.2, 0.25) is 6.79 Å². The standard InChI is InChI=1S/C27H24N2O5/c1-15(21-13-28-22-5-3-2-4-19(21)22)26(30)29-27(31)20-11-18(10-17-8-9-32-25(17)20)16-6-7-23-24(12-16)34-14-33-23/h2-7,10-13,15,26,28,30H,8-9,14H2,1H3,(H,29,31)/t15?,26-/m1/s1. The van der Waals surface area contributed by atoms with Gasteiger partial charge in [0.25, 0.3) is 5.91 Å². The molecule has 1 aromatic heterocycles. The van der Waals surface area contributed by atoms with Crippen LogP contribution in [0.25, 0.3) is 22.0 Å². The van der Waals surface area contributed by atoms with E-state index in [1.165, 1.54) is 0 Å². The molecule has 3 N–H and O–H groups in total. The fourth-order valence-electron chi connectivity index (χ4n) is 4.70. The van der Waals surface area contributed by atoms with Crippen LogP contribution in [0.15, 0.2) is 60.8 Å². The van der Waals surface area contributed by atoms with Crippen molar-refractivity contribution in [1.82, 2.24) is 10.3 Å². The second-order valence-corrected chi connectivity index (χ2v) is 8.68. The number of ether oxygens (including phenoxy) is 3. The van der Waals surface area contributed by atoms with Gasteiger partial charge in [-0.15, -0.1) is 0 Å². The van der Waals surface area contributed by atoms with Crippen molar-refractivity contribution >= 4 is 16.8 Å². The van der Waals surface area contributed by atoms with E-state index >= 15 is 0 Å². The summed E-state index contributed by atoms with van der Waals surface area (Å²) in [5, 5.41) is 14.7. The molecule has 2 aliphatic rings. The fraction of sp³-hybridized carbons (Fsp3) is 0.222. The molecule has 1 amide bonds. The monoisotopic (exact) mass is 456 g/mol. The summed E-state index contributed by atoms with van der Waals surface area (Å²) >= 11 is 0. The Morgan fingerprint density at radius 3 is 2.79 bits per heavy atom. The average molecular weight is 456 g/mol. The third kappa shape index (κ3) is 3.45. The first-order valence-corrected chi connectivity index (χ1v) is 11.3. The lowest BCUT2D eigenvalue weighted by atomic mass is 9.96. The molecule has 7 heteroatoms. The van der Waals surface area contributed by atoms with Crippen LogP contribution >= 0.6 is 0 Å². The minimum Gasteiger partial charge on any atom is -0.492 e. The van der Waals surface area contributed by atoms with Gasteiger partial charge in [-0.3, -0.25) is 4.79 Å². The molecule has 0 spiro atoms. The molecule has 0 radical (unpaired) electrons. The average Bonchev–Trinajstić information content (AvgIpc) is 3.61. The third-order valence-corrected chi connectivity index (χ3v) is 6.60. The predicted octanol–water partition coefficient (Wildman–Crippen LogP) is 4.35.